The normalized spacial score (nSPS) is 10.4. The van der Waals surface area contributed by atoms with Gasteiger partial charge in [-0.2, -0.15) is 0 Å². The monoisotopic (exact) mass is 867 g/mol. The summed E-state index contributed by atoms with van der Waals surface area (Å²) in [6.45, 7) is 10.1. The Kier molecular flexibility index (Phi) is 22.4. The van der Waals surface area contributed by atoms with Crippen LogP contribution in [-0.4, -0.2) is 76.0 Å². The van der Waals surface area contributed by atoms with Gasteiger partial charge in [0.2, 0.25) is 0 Å². The highest BCUT2D eigenvalue weighted by molar-refractivity contribution is 7.22. The number of fused-ring (bicyclic) bond motifs is 1. The highest BCUT2D eigenvalue weighted by Crippen LogP contribution is 2.25. The predicted octanol–water partition coefficient (Wildman–Crippen LogP) is 9.82. The van der Waals surface area contributed by atoms with Crippen LogP contribution in [0.1, 0.15) is 56.9 Å². The summed E-state index contributed by atoms with van der Waals surface area (Å²) in [5.74, 6) is 3.38. The zero-order valence-electron chi connectivity index (χ0n) is 35.1. The number of carbonyl (C=O) groups is 2. The summed E-state index contributed by atoms with van der Waals surface area (Å²) >= 11 is 1.52. The van der Waals surface area contributed by atoms with E-state index in [9.17, 15) is 9.59 Å². The van der Waals surface area contributed by atoms with Crippen LogP contribution in [0.5, 0.6) is 34.5 Å². The van der Waals surface area contributed by atoms with Crippen LogP contribution in [0.15, 0.2) is 116 Å². The molecule has 0 unspecified atom stereocenters. The maximum Gasteiger partial charge on any atom is 0.330 e. The molecule has 0 aliphatic heterocycles. The molecule has 0 spiro atoms. The van der Waals surface area contributed by atoms with E-state index in [2.05, 4.69) is 18.1 Å². The summed E-state index contributed by atoms with van der Waals surface area (Å²) in [5.41, 5.74) is 7.09. The molecule has 5 aromatic rings. The lowest BCUT2D eigenvalue weighted by atomic mass is 10.2. The number of unbranched alkanes of at least 4 members (excludes halogenated alkanes) is 6. The standard InChI is InChI=1S/C41H51NO10.C7H6N2S/c1-3-40(43)51-25-11-7-5-9-23-45-34-13-17-36(18-14-34)47-27-28-49-38-21-22-39(33(31-38)32-42)50-30-29-48-37-19-15-35(16-20-37)46-24-10-6-8-12-26-52-41(44)4-2;8-7-9-5-3-1-2-4-6(5)10-7/h3-4,13-22,31-32,42H,1-2,5-12,23-30H2;1-4H,(H2,8,9). The van der Waals surface area contributed by atoms with Gasteiger partial charge in [0.05, 0.1) is 36.6 Å². The first kappa shape index (κ1) is 48.1. The number of esters is 2. The van der Waals surface area contributed by atoms with E-state index in [0.717, 1.165) is 73.1 Å². The van der Waals surface area contributed by atoms with Gasteiger partial charge < -0.3 is 49.0 Å². The average molecular weight is 868 g/mol. The van der Waals surface area contributed by atoms with Crippen molar-refractivity contribution in [1.82, 2.24) is 4.98 Å². The summed E-state index contributed by atoms with van der Waals surface area (Å²) in [6.07, 6.45) is 11.0. The van der Waals surface area contributed by atoms with Crippen molar-refractivity contribution >= 4 is 44.8 Å². The number of aromatic nitrogens is 1. The molecule has 14 heteroatoms. The van der Waals surface area contributed by atoms with Gasteiger partial charge in [-0.25, -0.2) is 14.6 Å². The molecule has 330 valence electrons. The number of carbonyl (C=O) groups excluding carboxylic acids is 2. The molecule has 0 fully saturated rings. The second kappa shape index (κ2) is 28.8. The van der Waals surface area contributed by atoms with Crippen LogP contribution in [0.4, 0.5) is 5.13 Å². The van der Waals surface area contributed by atoms with E-state index in [1.54, 1.807) is 18.2 Å². The Bertz CT molecular complexity index is 2060. The highest BCUT2D eigenvalue weighted by Gasteiger charge is 2.07. The Morgan fingerprint density at radius 2 is 0.968 bits per heavy atom. The van der Waals surface area contributed by atoms with Crippen LogP contribution in [0, 0.1) is 5.41 Å². The number of nitrogens with one attached hydrogen (secondary N) is 1. The first-order valence-corrected chi connectivity index (χ1v) is 21.5. The van der Waals surface area contributed by atoms with Crippen molar-refractivity contribution in [1.29, 1.82) is 5.41 Å². The zero-order chi connectivity index (χ0) is 44.0. The number of anilines is 1. The second-order valence-corrected chi connectivity index (χ2v) is 14.5. The molecule has 0 aliphatic rings. The minimum Gasteiger partial charge on any atom is -0.494 e. The van der Waals surface area contributed by atoms with E-state index >= 15 is 0 Å². The van der Waals surface area contributed by atoms with Crippen molar-refractivity contribution in [3.05, 3.63) is 122 Å². The number of rotatable bonds is 29. The lowest BCUT2D eigenvalue weighted by Gasteiger charge is -2.13. The maximum absolute atomic E-state index is 11.0. The maximum atomic E-state index is 11.0. The van der Waals surface area contributed by atoms with Gasteiger partial charge in [0.15, 0.2) is 5.13 Å². The van der Waals surface area contributed by atoms with Gasteiger partial charge in [0, 0.05) is 23.9 Å². The number of ether oxygens (including phenoxy) is 8. The number of nitrogens with two attached hydrogens (primary N) is 1. The van der Waals surface area contributed by atoms with Gasteiger partial charge in [0.1, 0.15) is 60.9 Å². The first-order chi connectivity index (χ1) is 30.4. The van der Waals surface area contributed by atoms with E-state index < -0.39 is 0 Å². The molecule has 1 heterocycles. The zero-order valence-corrected chi connectivity index (χ0v) is 36.0. The van der Waals surface area contributed by atoms with Gasteiger partial charge in [-0.1, -0.05) is 36.6 Å². The van der Waals surface area contributed by atoms with E-state index in [1.165, 1.54) is 29.7 Å². The Balaban J connectivity index is 0.000000729. The van der Waals surface area contributed by atoms with Gasteiger partial charge in [0.25, 0.3) is 0 Å². The lowest BCUT2D eigenvalue weighted by molar-refractivity contribution is -0.138. The average Bonchev–Trinajstić information content (AvgIpc) is 3.69. The number of nitrogens with zero attached hydrogens (tertiary/aromatic N) is 1. The fraction of sp³-hybridized carbons (Fsp3) is 0.333. The first-order valence-electron chi connectivity index (χ1n) is 20.7. The molecule has 13 nitrogen and oxygen atoms in total. The van der Waals surface area contributed by atoms with E-state index in [0.29, 0.717) is 86.5 Å². The topological polar surface area (TPSA) is 171 Å². The van der Waals surface area contributed by atoms with Crippen molar-refractivity contribution in [3.63, 3.8) is 0 Å². The highest BCUT2D eigenvalue weighted by atomic mass is 32.1. The Morgan fingerprint density at radius 1 is 0.548 bits per heavy atom. The van der Waals surface area contributed by atoms with E-state index in [4.69, 9.17) is 49.0 Å². The Hall–Kier alpha value is -6.54. The van der Waals surface area contributed by atoms with Crippen LogP contribution < -0.4 is 34.2 Å². The Morgan fingerprint density at radius 3 is 1.44 bits per heavy atom. The molecule has 0 radical (unpaired) electrons. The molecule has 4 aromatic carbocycles. The van der Waals surface area contributed by atoms with E-state index in [-0.39, 0.29) is 11.9 Å². The molecular weight excluding hydrogens is 811 g/mol. The van der Waals surface area contributed by atoms with Crippen molar-refractivity contribution < 1.29 is 47.5 Å². The summed E-state index contributed by atoms with van der Waals surface area (Å²) in [6, 6.07) is 28.2. The summed E-state index contributed by atoms with van der Waals surface area (Å²) in [5, 5.41) is 8.45. The molecule has 0 saturated carbocycles. The van der Waals surface area contributed by atoms with Gasteiger partial charge >= 0.3 is 11.9 Å². The third-order valence-electron chi connectivity index (χ3n) is 8.76. The van der Waals surface area contributed by atoms with Crippen LogP contribution in [-0.2, 0) is 19.1 Å². The minimum absolute atomic E-state index is 0.306. The molecule has 0 aliphatic carbocycles. The summed E-state index contributed by atoms with van der Waals surface area (Å²) in [4.78, 5) is 26.1. The second-order valence-electron chi connectivity index (χ2n) is 13.5. The molecule has 0 saturated heterocycles. The van der Waals surface area contributed by atoms with Crippen molar-refractivity contribution in [2.45, 2.75) is 51.4 Å². The van der Waals surface area contributed by atoms with Crippen LogP contribution >= 0.6 is 11.3 Å². The fourth-order valence-electron chi connectivity index (χ4n) is 5.60. The molecule has 3 N–H and O–H groups in total. The number of hydrogen-bond acceptors (Lipinski definition) is 14. The van der Waals surface area contributed by atoms with Crippen molar-refractivity contribution in [2.24, 2.45) is 0 Å². The molecule has 62 heavy (non-hydrogen) atoms. The third kappa shape index (κ3) is 19.2. The smallest absolute Gasteiger partial charge is 0.330 e. The number of nitrogen functional groups attached to an aromatic ring is 1. The van der Waals surface area contributed by atoms with Gasteiger partial charge in [-0.05, 0) is 130 Å². The quantitative estimate of drug-likeness (QED) is 0.0202. The number of para-hydroxylation sites is 1. The summed E-state index contributed by atoms with van der Waals surface area (Å²) in [7, 11) is 0. The number of thiazole rings is 1. The van der Waals surface area contributed by atoms with Crippen LogP contribution in [0.2, 0.25) is 0 Å². The third-order valence-corrected chi connectivity index (χ3v) is 9.63. The summed E-state index contributed by atoms with van der Waals surface area (Å²) < 4.78 is 46.0. The number of hydrogen-bond donors (Lipinski definition) is 2. The lowest BCUT2D eigenvalue weighted by Crippen LogP contribution is -2.11. The van der Waals surface area contributed by atoms with Gasteiger partial charge in [-0.3, -0.25) is 0 Å². The molecule has 1 aromatic heterocycles. The van der Waals surface area contributed by atoms with Crippen LogP contribution in [0.25, 0.3) is 10.2 Å². The molecular formula is C48H57N3O10S. The predicted molar refractivity (Wildman–Crippen MR) is 243 cm³/mol. The number of benzene rings is 4. The van der Waals surface area contributed by atoms with Gasteiger partial charge in [-0.15, -0.1) is 0 Å². The van der Waals surface area contributed by atoms with Crippen LogP contribution in [0.3, 0.4) is 0 Å². The largest absolute Gasteiger partial charge is 0.494 e. The molecule has 5 rings (SSSR count). The fourth-order valence-corrected chi connectivity index (χ4v) is 6.34. The molecule has 0 amide bonds. The SMILES string of the molecule is C=CC(=O)OCCCCCCOc1ccc(OCCOc2ccc(OCCOc3ccc(OCCCCCCOC(=O)C=C)cc3)c(C=N)c2)cc1.Nc1nc2ccccc2s1. The molecule has 0 bridgehead atoms. The molecule has 0 atom stereocenters. The van der Waals surface area contributed by atoms with Crippen molar-refractivity contribution in [2.75, 3.05) is 58.6 Å². The van der Waals surface area contributed by atoms with Crippen molar-refractivity contribution in [3.8, 4) is 34.5 Å². The minimum atomic E-state index is -0.383. The Labute approximate surface area is 367 Å². The van der Waals surface area contributed by atoms with E-state index in [1.807, 2.05) is 72.8 Å².